The van der Waals surface area contributed by atoms with Gasteiger partial charge >= 0.3 is 6.18 Å². The van der Waals surface area contributed by atoms with Gasteiger partial charge in [0, 0.05) is 24.5 Å². The number of hydrazine groups is 1. The topological polar surface area (TPSA) is 109 Å². The summed E-state index contributed by atoms with van der Waals surface area (Å²) in [4.78, 5) is 4.27. The van der Waals surface area contributed by atoms with Crippen LogP contribution in [0.1, 0.15) is 45.7 Å². The molecule has 6 N–H and O–H groups in total. The second kappa shape index (κ2) is 12.9. The predicted octanol–water partition coefficient (Wildman–Crippen LogP) is 4.00. The summed E-state index contributed by atoms with van der Waals surface area (Å²) in [7, 11) is 0. The average molecular weight is 542 g/mol. The van der Waals surface area contributed by atoms with Gasteiger partial charge in [0.25, 0.3) is 0 Å². The summed E-state index contributed by atoms with van der Waals surface area (Å²) in [5, 5.41) is 15.0. The summed E-state index contributed by atoms with van der Waals surface area (Å²) in [5.41, 5.74) is 7.70. The van der Waals surface area contributed by atoms with Crippen LogP contribution in [0.15, 0.2) is 65.1 Å². The second-order valence-electron chi connectivity index (χ2n) is 10.9. The molecule has 7 nitrogen and oxygen atoms in total. The van der Waals surface area contributed by atoms with Gasteiger partial charge in [-0.15, -0.1) is 0 Å². The summed E-state index contributed by atoms with van der Waals surface area (Å²) in [6, 6.07) is 6.97. The van der Waals surface area contributed by atoms with Crippen molar-refractivity contribution in [2.75, 3.05) is 13.3 Å². The molecule has 0 bridgehead atoms. The van der Waals surface area contributed by atoms with Crippen LogP contribution >= 0.6 is 0 Å². The Morgan fingerprint density at radius 1 is 1.18 bits per heavy atom. The Balaban J connectivity index is 2.27. The number of alkyl halides is 4. The number of aliphatic hydroxyl groups is 1. The van der Waals surface area contributed by atoms with Crippen LogP contribution in [0.4, 0.5) is 17.6 Å². The molecule has 0 saturated carbocycles. The Labute approximate surface area is 221 Å². The summed E-state index contributed by atoms with van der Waals surface area (Å²) in [6.45, 7) is 7.32. The van der Waals surface area contributed by atoms with Crippen LogP contribution in [0.25, 0.3) is 0 Å². The van der Waals surface area contributed by atoms with Crippen molar-refractivity contribution < 1.29 is 27.4 Å². The number of hydrogen-bond acceptors (Lipinski definition) is 7. The molecule has 0 fully saturated rings. The van der Waals surface area contributed by atoms with E-state index in [1.54, 1.807) is 13.8 Å². The van der Waals surface area contributed by atoms with Crippen LogP contribution in [0.3, 0.4) is 0 Å². The zero-order chi connectivity index (χ0) is 28.7. The highest BCUT2D eigenvalue weighted by molar-refractivity contribution is 5.68. The van der Waals surface area contributed by atoms with E-state index in [1.807, 2.05) is 24.3 Å². The van der Waals surface area contributed by atoms with E-state index in [0.717, 1.165) is 16.1 Å². The van der Waals surface area contributed by atoms with Gasteiger partial charge in [-0.2, -0.15) is 13.2 Å². The van der Waals surface area contributed by atoms with Gasteiger partial charge in [-0.3, -0.25) is 10.3 Å². The van der Waals surface area contributed by atoms with Crippen molar-refractivity contribution in [2.45, 2.75) is 76.5 Å². The number of ether oxygens (including phenoxy) is 1. The maximum atomic E-state index is 13.4. The lowest BCUT2D eigenvalue weighted by Gasteiger charge is -2.33. The molecule has 2 unspecified atom stereocenters. The zero-order valence-corrected chi connectivity index (χ0v) is 22.5. The number of rotatable bonds is 11. The Morgan fingerprint density at radius 3 is 2.37 bits per heavy atom. The Hall–Kier alpha value is -2.73. The molecule has 2 rings (SSSR count). The van der Waals surface area contributed by atoms with Gasteiger partial charge in [0.2, 0.25) is 0 Å². The van der Waals surface area contributed by atoms with Gasteiger partial charge in [-0.05, 0) is 36.5 Å². The molecule has 212 valence electrons. The highest BCUT2D eigenvalue weighted by Gasteiger charge is 2.29. The molecule has 0 saturated heterocycles. The third-order valence-corrected chi connectivity index (χ3v) is 5.93. The molecule has 1 aliphatic rings. The summed E-state index contributed by atoms with van der Waals surface area (Å²) >= 11 is 0. The van der Waals surface area contributed by atoms with E-state index in [1.165, 1.54) is 30.6 Å². The number of nitrogens with one attached hydrogen (secondary N) is 1. The van der Waals surface area contributed by atoms with Crippen LogP contribution in [-0.4, -0.2) is 59.7 Å². The summed E-state index contributed by atoms with van der Waals surface area (Å²) in [6.07, 6.45) is 0.662. The maximum absolute atomic E-state index is 13.4. The minimum absolute atomic E-state index is 0.0135. The first-order valence-electron chi connectivity index (χ1n) is 12.2. The van der Waals surface area contributed by atoms with Crippen molar-refractivity contribution in [2.24, 2.45) is 16.6 Å². The van der Waals surface area contributed by atoms with Crippen molar-refractivity contribution >= 4 is 6.21 Å². The lowest BCUT2D eigenvalue weighted by molar-refractivity contribution is -0.175. The fraction of sp³-hybridized carbons (Fsp3) is 0.519. The van der Waals surface area contributed by atoms with Crippen LogP contribution in [0.2, 0.25) is 0 Å². The van der Waals surface area contributed by atoms with Gasteiger partial charge in [0.1, 0.15) is 25.6 Å². The molecular weight excluding hydrogens is 502 g/mol. The number of benzene rings is 1. The van der Waals surface area contributed by atoms with Gasteiger partial charge in [-0.25, -0.2) is 10.2 Å². The number of nitrogens with two attached hydrogens (primary N) is 2. The van der Waals surface area contributed by atoms with Crippen molar-refractivity contribution in [1.82, 2.24) is 10.3 Å². The first-order valence-corrected chi connectivity index (χ1v) is 12.2. The minimum atomic E-state index is -4.48. The van der Waals surface area contributed by atoms with Crippen LogP contribution in [0, 0.1) is 0 Å². The number of aliphatic imine (C=N–C) groups is 1. The van der Waals surface area contributed by atoms with E-state index in [0.29, 0.717) is 5.70 Å². The quantitative estimate of drug-likeness (QED) is 0.146. The maximum Gasteiger partial charge on any atom is 0.411 e. The molecule has 0 spiro atoms. The fourth-order valence-electron chi connectivity index (χ4n) is 3.42. The zero-order valence-electron chi connectivity index (χ0n) is 22.5. The van der Waals surface area contributed by atoms with Crippen molar-refractivity contribution in [3.63, 3.8) is 0 Å². The molecule has 0 aromatic heterocycles. The molecule has 1 heterocycles. The monoisotopic (exact) mass is 541 g/mol. The van der Waals surface area contributed by atoms with Crippen LogP contribution < -0.4 is 16.9 Å². The number of nitrogens with zero attached hydrogens (tertiary/aromatic N) is 2. The van der Waals surface area contributed by atoms with Gasteiger partial charge in [0.05, 0.1) is 17.3 Å². The molecule has 0 radical (unpaired) electrons. The highest BCUT2D eigenvalue weighted by atomic mass is 19.4. The van der Waals surface area contributed by atoms with Crippen molar-refractivity contribution in [3.05, 3.63) is 71.2 Å². The molecular formula is C27H39F4N5O2. The highest BCUT2D eigenvalue weighted by Crippen LogP contribution is 2.23. The number of aliphatic hydroxyl groups excluding tert-OH is 1. The molecule has 3 atom stereocenters. The number of halogens is 4. The number of hydrogen-bond donors (Lipinski definition) is 4. The van der Waals surface area contributed by atoms with Gasteiger partial charge < -0.3 is 20.6 Å². The molecule has 11 heteroatoms. The average Bonchev–Trinajstić information content (AvgIpc) is 3.06. The van der Waals surface area contributed by atoms with Crippen LogP contribution in [0.5, 0.6) is 0 Å². The second-order valence-corrected chi connectivity index (χ2v) is 10.9. The Bertz CT molecular complexity index is 1030. The Morgan fingerprint density at radius 2 is 1.82 bits per heavy atom. The van der Waals surface area contributed by atoms with Gasteiger partial charge in [0.15, 0.2) is 0 Å². The van der Waals surface area contributed by atoms with E-state index < -0.39 is 43.4 Å². The molecule has 1 aromatic rings. The van der Waals surface area contributed by atoms with E-state index in [-0.39, 0.29) is 17.5 Å². The Kier molecular flexibility index (Phi) is 10.7. The summed E-state index contributed by atoms with van der Waals surface area (Å²) < 4.78 is 56.0. The number of allylic oxidation sites excluding steroid dienone is 2. The van der Waals surface area contributed by atoms with Crippen LogP contribution in [-0.2, 0) is 16.6 Å². The SMILES string of the molecule is CC(C)(C)c1ccc(CC(O)N[C@@H](C2=CC=CC(OCC(F)(F)F)C=N2)/C(N)=C/N(N)C(C)(C)CF)cc1. The fourth-order valence-corrected chi connectivity index (χ4v) is 3.42. The summed E-state index contributed by atoms with van der Waals surface area (Å²) in [5.74, 6) is 6.02. The molecule has 0 aliphatic carbocycles. The third kappa shape index (κ3) is 9.86. The van der Waals surface area contributed by atoms with E-state index in [2.05, 4.69) is 31.1 Å². The van der Waals surface area contributed by atoms with E-state index in [9.17, 15) is 22.7 Å². The first-order chi connectivity index (χ1) is 17.5. The standard InChI is InChI=1S/C27H39F4N5O2/c1-25(2,3)19-11-9-18(10-12-19)13-23(37)35-24(21(32)15-36(33)26(4,5)16-28)22-8-6-7-20(14-34-22)38-17-27(29,30)31/h6-12,14-15,20,23-24,35,37H,13,16-17,32-33H2,1-5H3/b21-15-/t20?,23?,24-/m1/s1. The molecule has 1 aliphatic heterocycles. The van der Waals surface area contributed by atoms with E-state index >= 15 is 0 Å². The molecule has 1 aromatic carbocycles. The lowest BCUT2D eigenvalue weighted by Crippen LogP contribution is -2.49. The minimum Gasteiger partial charge on any atom is -0.399 e. The smallest absolute Gasteiger partial charge is 0.399 e. The lowest BCUT2D eigenvalue weighted by atomic mass is 9.86. The van der Waals surface area contributed by atoms with Crippen molar-refractivity contribution in [3.8, 4) is 0 Å². The van der Waals surface area contributed by atoms with Crippen molar-refractivity contribution in [1.29, 1.82) is 0 Å². The normalized spacial score (nSPS) is 18.7. The van der Waals surface area contributed by atoms with Gasteiger partial charge in [-0.1, -0.05) is 57.2 Å². The molecule has 38 heavy (non-hydrogen) atoms. The van der Waals surface area contributed by atoms with E-state index in [4.69, 9.17) is 16.3 Å². The third-order valence-electron chi connectivity index (χ3n) is 5.93. The predicted molar refractivity (Wildman–Crippen MR) is 142 cm³/mol. The largest absolute Gasteiger partial charge is 0.411 e. The molecule has 0 amide bonds. The first kappa shape index (κ1) is 31.5.